The summed E-state index contributed by atoms with van der Waals surface area (Å²) in [5, 5.41) is 8.66. The smallest absolute Gasteiger partial charge is 0.255 e. The van der Waals surface area contributed by atoms with Crippen molar-refractivity contribution in [3.8, 4) is 0 Å². The third kappa shape index (κ3) is 3.43. The Bertz CT molecular complexity index is 950. The molecular formula is C20H22ClFN4O2. The summed E-state index contributed by atoms with van der Waals surface area (Å²) in [6, 6.07) is 8.23. The lowest BCUT2D eigenvalue weighted by molar-refractivity contribution is -0.117. The van der Waals surface area contributed by atoms with E-state index in [1.54, 1.807) is 24.3 Å². The first-order chi connectivity index (χ1) is 13.0. The number of amides is 2. The predicted octanol–water partition coefficient (Wildman–Crippen LogP) is 2.92. The Kier molecular flexibility index (Phi) is 5.58. The molecule has 1 atom stereocenters. The Balaban J connectivity index is 0.00000225. The topological polar surface area (TPSA) is 73.5 Å². The minimum absolute atomic E-state index is 0. The number of carbonyl (C=O) groups is 2. The number of carbonyl (C=O) groups excluding carboxylic acids is 2. The maximum absolute atomic E-state index is 14.7. The molecule has 28 heavy (non-hydrogen) atoms. The van der Waals surface area contributed by atoms with Gasteiger partial charge >= 0.3 is 0 Å². The Morgan fingerprint density at radius 1 is 1.29 bits per heavy atom. The molecule has 3 N–H and O–H groups in total. The average Bonchev–Trinajstić information content (AvgIpc) is 2.68. The number of hydrogen-bond acceptors (Lipinski definition) is 4. The number of fused-ring (bicyclic) bond motifs is 2. The van der Waals surface area contributed by atoms with Gasteiger partial charge in [0.25, 0.3) is 5.91 Å². The second kappa shape index (κ2) is 7.77. The summed E-state index contributed by atoms with van der Waals surface area (Å²) in [5.41, 5.74) is 3.52. The van der Waals surface area contributed by atoms with Gasteiger partial charge < -0.3 is 20.9 Å². The molecule has 2 amide bonds. The Hall–Kier alpha value is -2.64. The molecule has 0 bridgehead atoms. The molecule has 6 nitrogen and oxygen atoms in total. The second-order valence-electron chi connectivity index (χ2n) is 6.95. The van der Waals surface area contributed by atoms with Crippen LogP contribution in [0.3, 0.4) is 0 Å². The molecule has 0 saturated heterocycles. The predicted molar refractivity (Wildman–Crippen MR) is 110 cm³/mol. The van der Waals surface area contributed by atoms with Crippen LogP contribution in [0.2, 0.25) is 0 Å². The molecule has 4 rings (SSSR count). The number of rotatable bonds is 2. The largest absolute Gasteiger partial charge is 0.361 e. The standard InChI is InChI=1S/C20H21FN4O2.ClH/c1-11-19(26)24-16-9-12(4-6-17(16)25(11)2)20(27)23-15-5-3-13-10-22-8-7-14(13)18(15)21;/h3-6,9,11,22H,7-8,10H2,1-2H3,(H,23,27)(H,24,26);1H. The zero-order chi connectivity index (χ0) is 19.1. The molecule has 0 saturated carbocycles. The summed E-state index contributed by atoms with van der Waals surface area (Å²) in [7, 11) is 1.83. The minimum Gasteiger partial charge on any atom is -0.361 e. The molecule has 148 valence electrons. The number of likely N-dealkylation sites (N-methyl/N-ethyl adjacent to an activating group) is 1. The van der Waals surface area contributed by atoms with Crippen LogP contribution in [0.25, 0.3) is 0 Å². The number of nitrogens with one attached hydrogen (secondary N) is 3. The van der Waals surface area contributed by atoms with Crippen molar-refractivity contribution in [3.63, 3.8) is 0 Å². The van der Waals surface area contributed by atoms with Gasteiger partial charge in [0.05, 0.1) is 17.1 Å². The van der Waals surface area contributed by atoms with Crippen LogP contribution < -0.4 is 20.9 Å². The van der Waals surface area contributed by atoms with E-state index in [-0.39, 0.29) is 35.9 Å². The lowest BCUT2D eigenvalue weighted by Crippen LogP contribution is -2.43. The van der Waals surface area contributed by atoms with Gasteiger partial charge in [-0.2, -0.15) is 0 Å². The molecule has 0 spiro atoms. The first-order valence-electron chi connectivity index (χ1n) is 8.96. The maximum atomic E-state index is 14.7. The van der Waals surface area contributed by atoms with E-state index in [0.717, 1.165) is 17.8 Å². The zero-order valence-electron chi connectivity index (χ0n) is 15.6. The molecular weight excluding hydrogens is 383 g/mol. The van der Waals surface area contributed by atoms with E-state index < -0.39 is 5.91 Å². The Morgan fingerprint density at radius 3 is 2.86 bits per heavy atom. The maximum Gasteiger partial charge on any atom is 0.255 e. The molecule has 2 aromatic carbocycles. The lowest BCUT2D eigenvalue weighted by atomic mass is 9.99. The van der Waals surface area contributed by atoms with Crippen molar-refractivity contribution in [2.45, 2.75) is 25.9 Å². The molecule has 2 heterocycles. The summed E-state index contributed by atoms with van der Waals surface area (Å²) >= 11 is 0. The fraction of sp³-hybridized carbons (Fsp3) is 0.300. The van der Waals surface area contributed by atoms with Gasteiger partial charge in [-0.05, 0) is 55.3 Å². The summed E-state index contributed by atoms with van der Waals surface area (Å²) < 4.78 is 14.7. The van der Waals surface area contributed by atoms with Crippen LogP contribution in [0.1, 0.15) is 28.4 Å². The quantitative estimate of drug-likeness (QED) is 0.719. The van der Waals surface area contributed by atoms with Gasteiger partial charge in [-0.3, -0.25) is 9.59 Å². The molecule has 0 fully saturated rings. The fourth-order valence-electron chi connectivity index (χ4n) is 3.53. The SMILES string of the molecule is CC1C(=O)Nc2cc(C(=O)Nc3ccc4c(c3F)CCNC4)ccc2N1C.Cl. The van der Waals surface area contributed by atoms with Crippen LogP contribution in [-0.2, 0) is 17.8 Å². The lowest BCUT2D eigenvalue weighted by Gasteiger charge is -2.33. The van der Waals surface area contributed by atoms with Crippen molar-refractivity contribution in [2.24, 2.45) is 0 Å². The first-order valence-corrected chi connectivity index (χ1v) is 8.96. The highest BCUT2D eigenvalue weighted by Gasteiger charge is 2.27. The van der Waals surface area contributed by atoms with Crippen molar-refractivity contribution in [1.29, 1.82) is 0 Å². The van der Waals surface area contributed by atoms with Crippen LogP contribution in [0, 0.1) is 5.82 Å². The van der Waals surface area contributed by atoms with Gasteiger partial charge in [-0.15, -0.1) is 12.4 Å². The third-order valence-electron chi connectivity index (χ3n) is 5.31. The van der Waals surface area contributed by atoms with E-state index in [1.165, 1.54) is 0 Å². The molecule has 2 aromatic rings. The number of halogens is 2. The molecule has 8 heteroatoms. The average molecular weight is 405 g/mol. The van der Waals surface area contributed by atoms with Crippen molar-refractivity contribution < 1.29 is 14.0 Å². The van der Waals surface area contributed by atoms with Crippen LogP contribution in [0.4, 0.5) is 21.5 Å². The van der Waals surface area contributed by atoms with Crippen molar-refractivity contribution in [3.05, 3.63) is 52.8 Å². The molecule has 2 aliphatic heterocycles. The fourth-order valence-corrected chi connectivity index (χ4v) is 3.53. The van der Waals surface area contributed by atoms with Crippen molar-refractivity contribution >= 4 is 41.3 Å². The highest BCUT2D eigenvalue weighted by molar-refractivity contribution is 6.08. The van der Waals surface area contributed by atoms with Gasteiger partial charge in [0.15, 0.2) is 0 Å². The van der Waals surface area contributed by atoms with E-state index >= 15 is 0 Å². The van der Waals surface area contributed by atoms with E-state index in [1.807, 2.05) is 24.9 Å². The van der Waals surface area contributed by atoms with Crippen LogP contribution in [0.15, 0.2) is 30.3 Å². The number of anilines is 3. The molecule has 0 aliphatic carbocycles. The summed E-state index contributed by atoms with van der Waals surface area (Å²) in [5.74, 6) is -0.917. The van der Waals surface area contributed by atoms with Crippen LogP contribution in [0.5, 0.6) is 0 Å². The van der Waals surface area contributed by atoms with E-state index in [9.17, 15) is 14.0 Å². The van der Waals surface area contributed by atoms with Gasteiger partial charge in [0.2, 0.25) is 5.91 Å². The van der Waals surface area contributed by atoms with Crippen molar-refractivity contribution in [1.82, 2.24) is 5.32 Å². The van der Waals surface area contributed by atoms with Gasteiger partial charge in [0.1, 0.15) is 11.9 Å². The van der Waals surface area contributed by atoms with Crippen LogP contribution in [-0.4, -0.2) is 31.4 Å². The van der Waals surface area contributed by atoms with Crippen LogP contribution >= 0.6 is 12.4 Å². The number of benzene rings is 2. The molecule has 2 aliphatic rings. The van der Waals surface area contributed by atoms with E-state index in [4.69, 9.17) is 0 Å². The molecule has 0 aromatic heterocycles. The number of nitrogens with zero attached hydrogens (tertiary/aromatic N) is 1. The van der Waals surface area contributed by atoms with E-state index in [0.29, 0.717) is 29.8 Å². The van der Waals surface area contributed by atoms with E-state index in [2.05, 4.69) is 16.0 Å². The first kappa shape index (κ1) is 20.1. The van der Waals surface area contributed by atoms with Gasteiger partial charge in [0, 0.05) is 19.2 Å². The molecule has 1 unspecified atom stereocenters. The third-order valence-corrected chi connectivity index (χ3v) is 5.31. The summed E-state index contributed by atoms with van der Waals surface area (Å²) in [6.07, 6.45) is 0.597. The van der Waals surface area contributed by atoms with Gasteiger partial charge in [-0.25, -0.2) is 4.39 Å². The highest BCUT2D eigenvalue weighted by atomic mass is 35.5. The minimum atomic E-state index is -0.416. The molecule has 0 radical (unpaired) electrons. The van der Waals surface area contributed by atoms with Gasteiger partial charge in [-0.1, -0.05) is 6.07 Å². The monoisotopic (exact) mass is 404 g/mol. The van der Waals surface area contributed by atoms with Crippen molar-refractivity contribution in [2.75, 3.05) is 29.1 Å². The zero-order valence-corrected chi connectivity index (χ0v) is 16.5. The highest BCUT2D eigenvalue weighted by Crippen LogP contribution is 2.32. The summed E-state index contributed by atoms with van der Waals surface area (Å²) in [6.45, 7) is 3.17. The normalized spacial score (nSPS) is 17.8. The Labute approximate surface area is 168 Å². The summed E-state index contributed by atoms with van der Waals surface area (Å²) in [4.78, 5) is 26.5. The second-order valence-corrected chi connectivity index (χ2v) is 6.95. The Morgan fingerprint density at radius 2 is 2.07 bits per heavy atom. The number of hydrogen-bond donors (Lipinski definition) is 3.